The predicted octanol–water partition coefficient (Wildman–Crippen LogP) is 5.52. The summed E-state index contributed by atoms with van der Waals surface area (Å²) in [6.45, 7) is 4.47. The molecule has 1 unspecified atom stereocenters. The smallest absolute Gasteiger partial charge is 0.0761 e. The van der Waals surface area contributed by atoms with Gasteiger partial charge in [-0.05, 0) is 67.0 Å². The zero-order valence-corrected chi connectivity index (χ0v) is 15.0. The van der Waals surface area contributed by atoms with Crippen LogP contribution in [0.5, 0.6) is 0 Å². The molecule has 0 fully saturated rings. The Hall–Kier alpha value is -0.160. The van der Waals surface area contributed by atoms with Gasteiger partial charge in [0.25, 0.3) is 0 Å². The largest absolute Gasteiger partial charge is 0.320 e. The first kappa shape index (κ1) is 15.2. The summed E-state index contributed by atoms with van der Waals surface area (Å²) in [6, 6.07) is 10.7. The lowest BCUT2D eigenvalue weighted by atomic mass is 9.97. The van der Waals surface area contributed by atoms with Crippen LogP contribution in [0.4, 0.5) is 0 Å². The highest BCUT2D eigenvalue weighted by molar-refractivity contribution is 9.12. The van der Waals surface area contributed by atoms with Crippen molar-refractivity contribution in [1.82, 2.24) is 0 Å². The van der Waals surface area contributed by atoms with Gasteiger partial charge in [0.2, 0.25) is 0 Å². The molecule has 1 aromatic carbocycles. The first-order chi connectivity index (χ1) is 8.97. The number of halogens is 2. The van der Waals surface area contributed by atoms with E-state index >= 15 is 0 Å². The van der Waals surface area contributed by atoms with Gasteiger partial charge in [-0.3, -0.25) is 0 Å². The van der Waals surface area contributed by atoms with Crippen molar-refractivity contribution in [2.24, 2.45) is 11.7 Å². The van der Waals surface area contributed by atoms with Crippen molar-refractivity contribution in [1.29, 1.82) is 0 Å². The molecule has 1 aromatic heterocycles. The van der Waals surface area contributed by atoms with E-state index in [2.05, 4.69) is 76.0 Å². The molecular formula is C15H17Br2NS. The molecule has 1 nitrogen and oxygen atoms in total. The highest BCUT2D eigenvalue weighted by atomic mass is 79.9. The van der Waals surface area contributed by atoms with E-state index in [9.17, 15) is 0 Å². The average Bonchev–Trinajstić information content (AvgIpc) is 2.68. The van der Waals surface area contributed by atoms with Crippen molar-refractivity contribution in [2.75, 3.05) is 0 Å². The van der Waals surface area contributed by atoms with Crippen molar-refractivity contribution in [3.63, 3.8) is 0 Å². The van der Waals surface area contributed by atoms with Gasteiger partial charge in [-0.25, -0.2) is 0 Å². The van der Waals surface area contributed by atoms with Crippen LogP contribution in [0.3, 0.4) is 0 Å². The third-order valence-corrected chi connectivity index (χ3v) is 5.39. The number of thiophene rings is 1. The molecule has 2 rings (SSSR count). The summed E-state index contributed by atoms with van der Waals surface area (Å²) in [5.41, 5.74) is 9.99. The van der Waals surface area contributed by atoms with Gasteiger partial charge < -0.3 is 5.73 Å². The number of hydrogen-bond acceptors (Lipinski definition) is 2. The third kappa shape index (κ3) is 3.91. The minimum atomic E-state index is -0.0787. The molecule has 0 saturated carbocycles. The molecule has 0 spiro atoms. The SMILES string of the molecule is CC(C)Cc1ccc(C(N)c2cc(Br)sc2Br)cc1. The molecule has 1 heterocycles. The molecule has 0 amide bonds. The molecular weight excluding hydrogens is 386 g/mol. The van der Waals surface area contributed by atoms with E-state index in [1.54, 1.807) is 11.3 Å². The first-order valence-corrected chi connectivity index (χ1v) is 8.66. The van der Waals surface area contributed by atoms with Gasteiger partial charge in [0.15, 0.2) is 0 Å². The van der Waals surface area contributed by atoms with E-state index in [0.717, 1.165) is 25.1 Å². The minimum absolute atomic E-state index is 0.0787. The van der Waals surface area contributed by atoms with Crippen molar-refractivity contribution in [3.05, 3.63) is 54.6 Å². The van der Waals surface area contributed by atoms with Crippen LogP contribution in [0.25, 0.3) is 0 Å². The van der Waals surface area contributed by atoms with E-state index in [0.29, 0.717) is 5.92 Å². The summed E-state index contributed by atoms with van der Waals surface area (Å²) in [5, 5.41) is 0. The van der Waals surface area contributed by atoms with Gasteiger partial charge >= 0.3 is 0 Å². The van der Waals surface area contributed by atoms with Crippen LogP contribution in [0, 0.1) is 5.92 Å². The third-order valence-electron chi connectivity index (χ3n) is 3.00. The fourth-order valence-electron chi connectivity index (χ4n) is 2.08. The number of benzene rings is 1. The summed E-state index contributed by atoms with van der Waals surface area (Å²) >= 11 is 8.72. The van der Waals surface area contributed by atoms with Gasteiger partial charge in [-0.15, -0.1) is 11.3 Å². The fourth-order valence-corrected chi connectivity index (χ4v) is 5.01. The van der Waals surface area contributed by atoms with Crippen molar-refractivity contribution >= 4 is 43.2 Å². The van der Waals surface area contributed by atoms with E-state index < -0.39 is 0 Å². The van der Waals surface area contributed by atoms with Crippen LogP contribution in [0.2, 0.25) is 0 Å². The molecule has 0 bridgehead atoms. The zero-order valence-electron chi connectivity index (χ0n) is 11.0. The summed E-state index contributed by atoms with van der Waals surface area (Å²) in [5.74, 6) is 0.682. The topological polar surface area (TPSA) is 26.0 Å². The highest BCUT2D eigenvalue weighted by Gasteiger charge is 2.15. The average molecular weight is 403 g/mol. The first-order valence-electron chi connectivity index (χ1n) is 6.26. The molecule has 102 valence electrons. The maximum absolute atomic E-state index is 6.34. The second-order valence-corrected chi connectivity index (χ2v) is 8.85. The van der Waals surface area contributed by atoms with Crippen LogP contribution in [-0.2, 0) is 6.42 Å². The second-order valence-electron chi connectivity index (χ2n) is 5.10. The predicted molar refractivity (Wildman–Crippen MR) is 90.7 cm³/mol. The zero-order chi connectivity index (χ0) is 14.0. The quantitative estimate of drug-likeness (QED) is 0.715. The van der Waals surface area contributed by atoms with E-state index in [1.807, 2.05) is 0 Å². The van der Waals surface area contributed by atoms with E-state index in [1.165, 1.54) is 5.56 Å². The van der Waals surface area contributed by atoms with Crippen molar-refractivity contribution < 1.29 is 0 Å². The molecule has 0 saturated heterocycles. The number of rotatable bonds is 4. The molecule has 0 radical (unpaired) electrons. The summed E-state index contributed by atoms with van der Waals surface area (Å²) in [6.07, 6.45) is 1.11. The summed E-state index contributed by atoms with van der Waals surface area (Å²) < 4.78 is 2.19. The van der Waals surface area contributed by atoms with Gasteiger partial charge in [-0.1, -0.05) is 38.1 Å². The van der Waals surface area contributed by atoms with Crippen LogP contribution in [-0.4, -0.2) is 0 Å². The van der Waals surface area contributed by atoms with Crippen LogP contribution in [0.15, 0.2) is 37.9 Å². The lowest BCUT2D eigenvalue weighted by Crippen LogP contribution is -2.11. The maximum atomic E-state index is 6.34. The van der Waals surface area contributed by atoms with Gasteiger partial charge in [-0.2, -0.15) is 0 Å². The monoisotopic (exact) mass is 401 g/mol. The Kier molecular flexibility index (Phi) is 5.23. The Bertz CT molecular complexity index is 546. The molecule has 0 aliphatic rings. The molecule has 4 heteroatoms. The minimum Gasteiger partial charge on any atom is -0.320 e. The van der Waals surface area contributed by atoms with Crippen LogP contribution < -0.4 is 5.73 Å². The van der Waals surface area contributed by atoms with Gasteiger partial charge in [0.1, 0.15) is 0 Å². The maximum Gasteiger partial charge on any atom is 0.0761 e. The Labute approximate surface area is 135 Å². The van der Waals surface area contributed by atoms with Crippen molar-refractivity contribution in [2.45, 2.75) is 26.3 Å². The normalized spacial score (nSPS) is 12.9. The Morgan fingerprint density at radius 3 is 2.26 bits per heavy atom. The standard InChI is InChI=1S/C15H17Br2NS/c1-9(2)7-10-3-5-11(6-4-10)14(18)12-8-13(16)19-15(12)17/h3-6,8-9,14H,7,18H2,1-2H3. The lowest BCUT2D eigenvalue weighted by Gasteiger charge is -2.13. The summed E-state index contributed by atoms with van der Waals surface area (Å²) in [4.78, 5) is 0. The number of hydrogen-bond donors (Lipinski definition) is 1. The summed E-state index contributed by atoms with van der Waals surface area (Å²) in [7, 11) is 0. The molecule has 2 N–H and O–H groups in total. The van der Waals surface area contributed by atoms with Crippen LogP contribution in [0.1, 0.15) is 36.6 Å². The second kappa shape index (κ2) is 6.53. The van der Waals surface area contributed by atoms with Crippen LogP contribution >= 0.6 is 43.2 Å². The Balaban J connectivity index is 2.20. The van der Waals surface area contributed by atoms with E-state index in [4.69, 9.17) is 5.73 Å². The Morgan fingerprint density at radius 1 is 1.16 bits per heavy atom. The molecule has 0 aliphatic heterocycles. The molecule has 19 heavy (non-hydrogen) atoms. The number of nitrogens with two attached hydrogens (primary N) is 1. The molecule has 1 atom stereocenters. The Morgan fingerprint density at radius 2 is 1.79 bits per heavy atom. The van der Waals surface area contributed by atoms with Gasteiger partial charge in [0.05, 0.1) is 13.6 Å². The van der Waals surface area contributed by atoms with Crippen molar-refractivity contribution in [3.8, 4) is 0 Å². The lowest BCUT2D eigenvalue weighted by molar-refractivity contribution is 0.647. The highest BCUT2D eigenvalue weighted by Crippen LogP contribution is 2.36. The van der Waals surface area contributed by atoms with E-state index in [-0.39, 0.29) is 6.04 Å². The van der Waals surface area contributed by atoms with Gasteiger partial charge in [0, 0.05) is 0 Å². The molecule has 0 aliphatic carbocycles. The fraction of sp³-hybridized carbons (Fsp3) is 0.333. The molecule has 2 aromatic rings.